The summed E-state index contributed by atoms with van der Waals surface area (Å²) in [6.07, 6.45) is 18.7. The zero-order valence-corrected chi connectivity index (χ0v) is 17.4. The Morgan fingerprint density at radius 3 is 2.62 bits per heavy atom. The van der Waals surface area contributed by atoms with Crippen LogP contribution in [0.4, 0.5) is 0 Å². The first-order chi connectivity index (χ1) is 14.2. The molecular weight excluding hydrogens is 350 g/mol. The highest BCUT2D eigenvalue weighted by Gasteiger charge is 2.13. The quantitative estimate of drug-likeness (QED) is 0.344. The number of allylic oxidation sites excluding steroid dienone is 8. The predicted octanol–water partition coefficient (Wildman–Crippen LogP) is 7.80. The number of hydrogen-bond acceptors (Lipinski definition) is 1. The minimum absolute atomic E-state index is 0.405. The molecule has 1 aliphatic carbocycles. The van der Waals surface area contributed by atoms with Gasteiger partial charge in [-0.3, -0.25) is 4.99 Å². The van der Waals surface area contributed by atoms with Crippen molar-refractivity contribution in [2.45, 2.75) is 32.6 Å². The zero-order valence-electron chi connectivity index (χ0n) is 17.4. The van der Waals surface area contributed by atoms with Gasteiger partial charge in [0.05, 0.1) is 0 Å². The van der Waals surface area contributed by atoms with E-state index in [0.29, 0.717) is 5.92 Å². The molecule has 29 heavy (non-hydrogen) atoms. The summed E-state index contributed by atoms with van der Waals surface area (Å²) in [5.74, 6) is 0.405. The molecule has 0 spiro atoms. The molecule has 1 nitrogen and oxygen atoms in total. The Labute approximate surface area is 175 Å². The Morgan fingerprint density at radius 1 is 1.07 bits per heavy atom. The van der Waals surface area contributed by atoms with E-state index in [1.165, 1.54) is 16.7 Å². The van der Waals surface area contributed by atoms with Crippen LogP contribution in [0.3, 0.4) is 0 Å². The first-order valence-electron chi connectivity index (χ1n) is 10.2. The lowest BCUT2D eigenvalue weighted by Gasteiger charge is -2.17. The van der Waals surface area contributed by atoms with E-state index in [0.717, 1.165) is 29.8 Å². The van der Waals surface area contributed by atoms with Crippen molar-refractivity contribution in [3.05, 3.63) is 121 Å². The standard InChI is InChI=1S/C28H29N/c1-4-5-6-9-14-22(2)29-23(3)26-19-27(24-15-10-7-11-16-24)21-28(20-26)25-17-12-8-13-18-25/h4-13,15-17,19-21,25H,2,14,18H2,1,3H3/b5-4-,9-6-,29-23+. The minimum Gasteiger partial charge on any atom is -0.258 e. The van der Waals surface area contributed by atoms with Crippen LogP contribution in [0.1, 0.15) is 43.7 Å². The summed E-state index contributed by atoms with van der Waals surface area (Å²) in [7, 11) is 0. The van der Waals surface area contributed by atoms with Crippen LogP contribution in [0.25, 0.3) is 11.1 Å². The second-order valence-corrected chi connectivity index (χ2v) is 7.29. The van der Waals surface area contributed by atoms with Crippen LogP contribution in [0.5, 0.6) is 0 Å². The number of rotatable bonds is 7. The maximum Gasteiger partial charge on any atom is 0.0448 e. The van der Waals surface area contributed by atoms with E-state index < -0.39 is 0 Å². The van der Waals surface area contributed by atoms with Gasteiger partial charge in [0.15, 0.2) is 0 Å². The summed E-state index contributed by atoms with van der Waals surface area (Å²) in [5.41, 5.74) is 6.82. The van der Waals surface area contributed by atoms with Gasteiger partial charge in [-0.25, -0.2) is 0 Å². The number of nitrogens with zero attached hydrogens (tertiary/aromatic N) is 1. The molecule has 0 bridgehead atoms. The van der Waals surface area contributed by atoms with Crippen molar-refractivity contribution in [2.24, 2.45) is 4.99 Å². The van der Waals surface area contributed by atoms with Crippen molar-refractivity contribution in [3.8, 4) is 11.1 Å². The molecule has 0 aliphatic heterocycles. The molecule has 0 N–H and O–H groups in total. The fourth-order valence-corrected chi connectivity index (χ4v) is 3.44. The second-order valence-electron chi connectivity index (χ2n) is 7.29. The van der Waals surface area contributed by atoms with Crippen molar-refractivity contribution in [3.63, 3.8) is 0 Å². The summed E-state index contributed by atoms with van der Waals surface area (Å²) in [6, 6.07) is 17.4. The van der Waals surface area contributed by atoms with E-state index >= 15 is 0 Å². The third-order valence-electron chi connectivity index (χ3n) is 5.01. The Hall–Kier alpha value is -3.19. The average molecular weight is 380 g/mol. The maximum absolute atomic E-state index is 4.78. The van der Waals surface area contributed by atoms with E-state index in [4.69, 9.17) is 4.99 Å². The van der Waals surface area contributed by atoms with E-state index in [9.17, 15) is 0 Å². The molecule has 0 fully saturated rings. The monoisotopic (exact) mass is 379 g/mol. The molecule has 3 rings (SSSR count). The van der Waals surface area contributed by atoms with Crippen molar-refractivity contribution in [2.75, 3.05) is 0 Å². The van der Waals surface area contributed by atoms with Gasteiger partial charge >= 0.3 is 0 Å². The maximum atomic E-state index is 4.78. The lowest BCUT2D eigenvalue weighted by Crippen LogP contribution is -2.02. The smallest absolute Gasteiger partial charge is 0.0448 e. The molecule has 0 saturated carbocycles. The van der Waals surface area contributed by atoms with Gasteiger partial charge in [0.1, 0.15) is 0 Å². The van der Waals surface area contributed by atoms with Crippen LogP contribution in [-0.2, 0) is 0 Å². The first kappa shape index (κ1) is 20.5. The zero-order chi connectivity index (χ0) is 20.5. The topological polar surface area (TPSA) is 12.4 Å². The van der Waals surface area contributed by atoms with Gasteiger partial charge in [-0.1, -0.05) is 91.6 Å². The lowest BCUT2D eigenvalue weighted by atomic mass is 9.88. The third-order valence-corrected chi connectivity index (χ3v) is 5.01. The fraction of sp³-hybridized carbons (Fsp3) is 0.179. The summed E-state index contributed by atoms with van der Waals surface area (Å²) in [4.78, 5) is 4.78. The van der Waals surface area contributed by atoms with E-state index in [1.807, 2.05) is 25.2 Å². The van der Waals surface area contributed by atoms with Crippen molar-refractivity contribution < 1.29 is 0 Å². The highest BCUT2D eigenvalue weighted by molar-refractivity contribution is 6.00. The molecule has 0 heterocycles. The summed E-state index contributed by atoms with van der Waals surface area (Å²) < 4.78 is 0. The van der Waals surface area contributed by atoms with E-state index in [-0.39, 0.29) is 0 Å². The van der Waals surface area contributed by atoms with Gasteiger partial charge in [-0.05, 0) is 54.7 Å². The van der Waals surface area contributed by atoms with Crippen LogP contribution in [0.2, 0.25) is 0 Å². The molecule has 146 valence electrons. The molecule has 2 aromatic carbocycles. The van der Waals surface area contributed by atoms with Gasteiger partial charge in [-0.15, -0.1) is 0 Å². The molecule has 2 aromatic rings. The lowest BCUT2D eigenvalue weighted by molar-refractivity contribution is 0.854. The Bertz CT molecular complexity index is 984. The molecule has 0 amide bonds. The minimum atomic E-state index is 0.405. The molecule has 1 unspecified atom stereocenters. The number of benzene rings is 2. The summed E-state index contributed by atoms with van der Waals surface area (Å²) in [5, 5.41) is 0. The third kappa shape index (κ3) is 5.89. The summed E-state index contributed by atoms with van der Waals surface area (Å²) in [6.45, 7) is 8.21. The van der Waals surface area contributed by atoms with Crippen molar-refractivity contribution in [1.29, 1.82) is 0 Å². The fourth-order valence-electron chi connectivity index (χ4n) is 3.44. The highest BCUT2D eigenvalue weighted by Crippen LogP contribution is 2.30. The van der Waals surface area contributed by atoms with Crippen LogP contribution < -0.4 is 0 Å². The van der Waals surface area contributed by atoms with Crippen LogP contribution in [-0.4, -0.2) is 5.71 Å². The first-order valence-corrected chi connectivity index (χ1v) is 10.2. The Balaban J connectivity index is 1.94. The van der Waals surface area contributed by atoms with Gasteiger partial charge in [0.25, 0.3) is 0 Å². The molecule has 1 heteroatoms. The average Bonchev–Trinajstić information content (AvgIpc) is 2.77. The normalized spacial score (nSPS) is 16.8. The van der Waals surface area contributed by atoms with Crippen molar-refractivity contribution in [1.82, 2.24) is 0 Å². The molecule has 1 aliphatic rings. The Kier molecular flexibility index (Phi) is 7.35. The molecule has 0 saturated heterocycles. The summed E-state index contributed by atoms with van der Waals surface area (Å²) >= 11 is 0. The van der Waals surface area contributed by atoms with Crippen LogP contribution >= 0.6 is 0 Å². The molecule has 1 atom stereocenters. The molecule has 0 radical (unpaired) electrons. The highest BCUT2D eigenvalue weighted by atomic mass is 14.7. The Morgan fingerprint density at radius 2 is 1.90 bits per heavy atom. The number of hydrogen-bond donors (Lipinski definition) is 0. The van der Waals surface area contributed by atoms with Crippen LogP contribution in [0, 0.1) is 0 Å². The van der Waals surface area contributed by atoms with Gasteiger partial charge in [0.2, 0.25) is 0 Å². The van der Waals surface area contributed by atoms with Gasteiger partial charge in [0, 0.05) is 23.7 Å². The molecule has 0 aromatic heterocycles. The largest absolute Gasteiger partial charge is 0.258 e. The second kappa shape index (κ2) is 10.4. The van der Waals surface area contributed by atoms with Crippen LogP contribution in [0.15, 0.2) is 114 Å². The number of aliphatic imine (C=N–C) groups is 1. The van der Waals surface area contributed by atoms with E-state index in [2.05, 4.69) is 92.4 Å². The SMILES string of the molecule is C=C(C/C=C\C=C/C)/N=C(\C)c1cc(-c2ccccc2)cc(C2C=CC=CC2)c1. The predicted molar refractivity (Wildman–Crippen MR) is 127 cm³/mol. The van der Waals surface area contributed by atoms with Crippen molar-refractivity contribution >= 4 is 5.71 Å². The van der Waals surface area contributed by atoms with E-state index in [1.54, 1.807) is 0 Å². The molecular formula is C28H29N. The van der Waals surface area contributed by atoms with Gasteiger partial charge < -0.3 is 0 Å². The van der Waals surface area contributed by atoms with Gasteiger partial charge in [-0.2, -0.15) is 0 Å².